The average molecular weight is 267 g/mol. The Morgan fingerprint density at radius 3 is 2.55 bits per heavy atom. The van der Waals surface area contributed by atoms with Crippen molar-refractivity contribution in [3.63, 3.8) is 0 Å². The lowest BCUT2D eigenvalue weighted by atomic mass is 9.92. The van der Waals surface area contributed by atoms with Crippen LogP contribution in [-0.4, -0.2) is 22.0 Å². The van der Waals surface area contributed by atoms with Gasteiger partial charge < -0.3 is 16.0 Å². The molecular formula is C15H17N5. The third-order valence-electron chi connectivity index (χ3n) is 3.47. The fraction of sp³-hybridized carbons (Fsp3) is 0.200. The van der Waals surface area contributed by atoms with Gasteiger partial charge in [0.2, 0.25) is 0 Å². The van der Waals surface area contributed by atoms with Crippen molar-refractivity contribution in [1.82, 2.24) is 15.0 Å². The maximum Gasteiger partial charge on any atom is 0.179 e. The molecule has 2 aromatic heterocycles. The summed E-state index contributed by atoms with van der Waals surface area (Å²) in [5.41, 5.74) is 8.33. The number of hydrogen-bond acceptors (Lipinski definition) is 4. The van der Waals surface area contributed by atoms with Crippen molar-refractivity contribution in [3.05, 3.63) is 53.9 Å². The molecule has 0 fully saturated rings. The van der Waals surface area contributed by atoms with Gasteiger partial charge in [-0.3, -0.25) is 0 Å². The fourth-order valence-corrected chi connectivity index (χ4v) is 2.20. The molecule has 2 heterocycles. The molecule has 20 heavy (non-hydrogen) atoms. The van der Waals surface area contributed by atoms with E-state index in [9.17, 15) is 0 Å². The van der Waals surface area contributed by atoms with Crippen molar-refractivity contribution >= 4 is 17.0 Å². The lowest BCUT2D eigenvalue weighted by Gasteiger charge is -2.22. The van der Waals surface area contributed by atoms with Crippen LogP contribution in [0.5, 0.6) is 0 Å². The third kappa shape index (κ3) is 2.02. The molecule has 0 spiro atoms. The van der Waals surface area contributed by atoms with Crippen molar-refractivity contribution < 1.29 is 0 Å². The number of nitrogens with one attached hydrogen (secondary N) is 2. The first-order valence-electron chi connectivity index (χ1n) is 6.50. The van der Waals surface area contributed by atoms with E-state index >= 15 is 0 Å². The number of imidazole rings is 1. The number of anilines is 1. The average Bonchev–Trinajstić information content (AvgIpc) is 2.91. The molecule has 102 valence electrons. The number of nitrogens with zero attached hydrogens (tertiary/aromatic N) is 2. The maximum absolute atomic E-state index is 6.46. The van der Waals surface area contributed by atoms with E-state index in [0.717, 1.165) is 16.9 Å². The van der Waals surface area contributed by atoms with Crippen molar-refractivity contribution in [2.24, 2.45) is 5.73 Å². The van der Waals surface area contributed by atoms with Gasteiger partial charge in [-0.05, 0) is 24.6 Å². The van der Waals surface area contributed by atoms with Crippen LogP contribution in [0.25, 0.3) is 11.2 Å². The second-order valence-electron chi connectivity index (χ2n) is 4.97. The number of fused-ring (bicyclic) bond motifs is 1. The van der Waals surface area contributed by atoms with Gasteiger partial charge in [0.05, 0.1) is 11.1 Å². The second kappa shape index (κ2) is 4.61. The Hall–Kier alpha value is -2.40. The van der Waals surface area contributed by atoms with Crippen LogP contribution in [0.2, 0.25) is 0 Å². The molecule has 0 radical (unpaired) electrons. The van der Waals surface area contributed by atoms with Gasteiger partial charge in [0, 0.05) is 7.05 Å². The zero-order valence-electron chi connectivity index (χ0n) is 11.5. The number of H-pyrrole nitrogens is 1. The summed E-state index contributed by atoms with van der Waals surface area (Å²) < 4.78 is 0. The first kappa shape index (κ1) is 12.6. The molecule has 0 saturated heterocycles. The minimum atomic E-state index is -0.679. The van der Waals surface area contributed by atoms with E-state index in [2.05, 4.69) is 20.3 Å². The van der Waals surface area contributed by atoms with Crippen LogP contribution in [0.15, 0.2) is 42.5 Å². The lowest BCUT2D eigenvalue weighted by molar-refractivity contribution is 0.567. The monoisotopic (exact) mass is 267 g/mol. The Morgan fingerprint density at radius 1 is 1.10 bits per heavy atom. The molecule has 3 aromatic rings. The quantitative estimate of drug-likeness (QED) is 0.680. The summed E-state index contributed by atoms with van der Waals surface area (Å²) in [5, 5.41) is 3.00. The summed E-state index contributed by atoms with van der Waals surface area (Å²) in [6.07, 6.45) is 0. The van der Waals surface area contributed by atoms with Gasteiger partial charge in [0.25, 0.3) is 0 Å². The SMILES string of the molecule is CNc1ccc2[nH]c(C(C)(N)c3ccccc3)nc2n1. The zero-order valence-corrected chi connectivity index (χ0v) is 11.5. The van der Waals surface area contributed by atoms with Crippen LogP contribution in [-0.2, 0) is 5.54 Å². The molecule has 5 nitrogen and oxygen atoms in total. The molecular weight excluding hydrogens is 250 g/mol. The van der Waals surface area contributed by atoms with Crippen LogP contribution in [0.3, 0.4) is 0 Å². The molecule has 0 bridgehead atoms. The number of benzene rings is 1. The lowest BCUT2D eigenvalue weighted by Crippen LogP contribution is -2.35. The van der Waals surface area contributed by atoms with Gasteiger partial charge >= 0.3 is 0 Å². The molecule has 3 rings (SSSR count). The molecule has 0 aliphatic heterocycles. The van der Waals surface area contributed by atoms with Crippen LogP contribution in [0, 0.1) is 0 Å². The van der Waals surface area contributed by atoms with E-state index in [1.807, 2.05) is 56.4 Å². The van der Waals surface area contributed by atoms with E-state index < -0.39 is 5.54 Å². The molecule has 0 saturated carbocycles. The molecule has 0 aliphatic carbocycles. The highest BCUT2D eigenvalue weighted by Gasteiger charge is 2.27. The normalized spacial score (nSPS) is 14.2. The summed E-state index contributed by atoms with van der Waals surface area (Å²) in [6.45, 7) is 1.94. The zero-order chi connectivity index (χ0) is 14.2. The summed E-state index contributed by atoms with van der Waals surface area (Å²) >= 11 is 0. The number of aromatic amines is 1. The van der Waals surface area contributed by atoms with Crippen LogP contribution in [0.1, 0.15) is 18.3 Å². The largest absolute Gasteiger partial charge is 0.373 e. The van der Waals surface area contributed by atoms with Crippen molar-refractivity contribution in [2.75, 3.05) is 12.4 Å². The Morgan fingerprint density at radius 2 is 1.85 bits per heavy atom. The first-order valence-corrected chi connectivity index (χ1v) is 6.50. The Bertz CT molecular complexity index is 730. The van der Waals surface area contributed by atoms with Gasteiger partial charge in [-0.25, -0.2) is 9.97 Å². The fourth-order valence-electron chi connectivity index (χ4n) is 2.20. The summed E-state index contributed by atoms with van der Waals surface area (Å²) in [7, 11) is 1.83. The minimum absolute atomic E-state index is 0.666. The van der Waals surface area contributed by atoms with Gasteiger partial charge in [-0.15, -0.1) is 0 Å². The minimum Gasteiger partial charge on any atom is -0.373 e. The molecule has 1 atom stereocenters. The molecule has 0 aliphatic rings. The highest BCUT2D eigenvalue weighted by Crippen LogP contribution is 2.25. The standard InChI is InChI=1S/C15H17N5/c1-15(16,10-6-4-3-5-7-10)14-18-11-8-9-12(17-2)19-13(11)20-14/h3-9H,16H2,1-2H3,(H2,17,18,19,20). The Kier molecular flexibility index (Phi) is 2.91. The number of nitrogens with two attached hydrogens (primary N) is 1. The van der Waals surface area contributed by atoms with Gasteiger partial charge in [0.15, 0.2) is 5.65 Å². The highest BCUT2D eigenvalue weighted by atomic mass is 15.1. The Balaban J connectivity index is 2.10. The summed E-state index contributed by atoms with van der Waals surface area (Å²) in [5.74, 6) is 1.49. The van der Waals surface area contributed by atoms with Gasteiger partial charge in [-0.1, -0.05) is 30.3 Å². The number of hydrogen-bond donors (Lipinski definition) is 3. The number of aromatic nitrogens is 3. The van der Waals surface area contributed by atoms with Crippen LogP contribution >= 0.6 is 0 Å². The van der Waals surface area contributed by atoms with E-state index in [-0.39, 0.29) is 0 Å². The van der Waals surface area contributed by atoms with E-state index in [1.54, 1.807) is 0 Å². The smallest absolute Gasteiger partial charge is 0.179 e. The maximum atomic E-state index is 6.46. The van der Waals surface area contributed by atoms with Crippen molar-refractivity contribution in [1.29, 1.82) is 0 Å². The molecule has 0 amide bonds. The van der Waals surface area contributed by atoms with Gasteiger partial charge in [0.1, 0.15) is 11.6 Å². The summed E-state index contributed by atoms with van der Waals surface area (Å²) in [6, 6.07) is 13.8. The van der Waals surface area contributed by atoms with E-state index in [1.165, 1.54) is 0 Å². The van der Waals surface area contributed by atoms with Crippen LogP contribution in [0.4, 0.5) is 5.82 Å². The van der Waals surface area contributed by atoms with Crippen molar-refractivity contribution in [3.8, 4) is 0 Å². The predicted octanol–water partition coefficient (Wildman–Crippen LogP) is 2.22. The van der Waals surface area contributed by atoms with E-state index in [0.29, 0.717) is 11.5 Å². The van der Waals surface area contributed by atoms with Gasteiger partial charge in [-0.2, -0.15) is 0 Å². The topological polar surface area (TPSA) is 79.6 Å². The molecule has 1 aromatic carbocycles. The van der Waals surface area contributed by atoms with E-state index in [4.69, 9.17) is 5.73 Å². The first-order chi connectivity index (χ1) is 9.61. The summed E-state index contributed by atoms with van der Waals surface area (Å²) in [4.78, 5) is 12.2. The number of pyridine rings is 1. The molecule has 4 N–H and O–H groups in total. The van der Waals surface area contributed by atoms with Crippen LogP contribution < -0.4 is 11.1 Å². The van der Waals surface area contributed by atoms with Crippen molar-refractivity contribution in [2.45, 2.75) is 12.5 Å². The third-order valence-corrected chi connectivity index (χ3v) is 3.47. The molecule has 1 unspecified atom stereocenters. The molecule has 5 heteroatoms. The predicted molar refractivity (Wildman–Crippen MR) is 80.5 cm³/mol. The number of rotatable bonds is 3. The highest BCUT2D eigenvalue weighted by molar-refractivity contribution is 5.73. The Labute approximate surface area is 117 Å². The second-order valence-corrected chi connectivity index (χ2v) is 4.97.